The number of carbonyl (C=O) groups is 1. The zero-order chi connectivity index (χ0) is 17.0. The Balaban J connectivity index is 1.72. The first-order valence-corrected chi connectivity index (χ1v) is 9.33. The maximum absolute atomic E-state index is 14.1. The summed E-state index contributed by atoms with van der Waals surface area (Å²) in [4.78, 5) is 15.2. The molecule has 4 aliphatic heterocycles. The Labute approximate surface area is 147 Å². The van der Waals surface area contributed by atoms with Crippen molar-refractivity contribution in [1.29, 1.82) is 0 Å². The van der Waals surface area contributed by atoms with E-state index in [1.807, 2.05) is 17.0 Å². The molecule has 25 heavy (non-hydrogen) atoms. The third-order valence-corrected chi connectivity index (χ3v) is 7.83. The summed E-state index contributed by atoms with van der Waals surface area (Å²) in [6.07, 6.45) is 7.69. The second-order valence-electron chi connectivity index (χ2n) is 8.45. The van der Waals surface area contributed by atoms with Crippen LogP contribution in [0.5, 0.6) is 5.75 Å². The van der Waals surface area contributed by atoms with Gasteiger partial charge in [0.1, 0.15) is 5.75 Å². The SMILES string of the molecule is COc1ccc2c(c1)N1C(=O)CC34C=CC[N+]5([O-])CCC2C(CC3)C145. The maximum Gasteiger partial charge on any atom is 0.233 e. The Morgan fingerprint density at radius 3 is 3.08 bits per heavy atom. The highest BCUT2D eigenvalue weighted by molar-refractivity contribution is 6.01. The topological polar surface area (TPSA) is 52.6 Å². The monoisotopic (exact) mass is 338 g/mol. The quantitative estimate of drug-likeness (QED) is 0.449. The van der Waals surface area contributed by atoms with Gasteiger partial charge in [0, 0.05) is 30.7 Å². The first-order valence-electron chi connectivity index (χ1n) is 9.33. The van der Waals surface area contributed by atoms with Crippen molar-refractivity contribution in [3.63, 3.8) is 0 Å². The number of rotatable bonds is 1. The number of hydroxylamine groups is 3. The number of quaternary nitrogens is 1. The van der Waals surface area contributed by atoms with Crippen LogP contribution < -0.4 is 9.64 Å². The van der Waals surface area contributed by atoms with Gasteiger partial charge in [-0.15, -0.1) is 0 Å². The highest BCUT2D eigenvalue weighted by Gasteiger charge is 2.80. The number of anilines is 1. The van der Waals surface area contributed by atoms with Crippen LogP contribution >= 0.6 is 0 Å². The van der Waals surface area contributed by atoms with Gasteiger partial charge in [-0.1, -0.05) is 12.1 Å². The van der Waals surface area contributed by atoms with E-state index < -0.39 is 5.66 Å². The van der Waals surface area contributed by atoms with Crippen LogP contribution in [0.3, 0.4) is 0 Å². The number of fused-ring (bicyclic) bond motifs is 3. The minimum atomic E-state index is -0.624. The first-order chi connectivity index (χ1) is 12.1. The van der Waals surface area contributed by atoms with Gasteiger partial charge in [0.05, 0.1) is 31.3 Å². The molecule has 5 atom stereocenters. The van der Waals surface area contributed by atoms with Crippen LogP contribution in [-0.2, 0) is 4.79 Å². The van der Waals surface area contributed by atoms with Crippen LogP contribution in [0.2, 0.25) is 0 Å². The summed E-state index contributed by atoms with van der Waals surface area (Å²) in [7, 11) is 1.65. The summed E-state index contributed by atoms with van der Waals surface area (Å²) in [5.74, 6) is 1.53. The molecule has 0 N–H and O–H groups in total. The van der Waals surface area contributed by atoms with Crippen LogP contribution in [0.1, 0.15) is 37.2 Å². The number of hydrogen-bond donors (Lipinski definition) is 0. The van der Waals surface area contributed by atoms with Gasteiger partial charge in [-0.3, -0.25) is 9.69 Å². The van der Waals surface area contributed by atoms with Gasteiger partial charge < -0.3 is 14.6 Å². The number of hydrogen-bond acceptors (Lipinski definition) is 3. The van der Waals surface area contributed by atoms with Gasteiger partial charge in [0.25, 0.3) is 0 Å². The molecule has 0 aromatic heterocycles. The fourth-order valence-electron chi connectivity index (χ4n) is 7.20. The molecule has 1 aromatic rings. The van der Waals surface area contributed by atoms with Crippen molar-refractivity contribution in [1.82, 2.24) is 0 Å². The van der Waals surface area contributed by atoms with Crippen LogP contribution in [0, 0.1) is 16.5 Å². The smallest absolute Gasteiger partial charge is 0.233 e. The van der Waals surface area contributed by atoms with E-state index in [1.54, 1.807) is 7.11 Å². The number of benzene rings is 1. The zero-order valence-electron chi connectivity index (χ0n) is 14.4. The molecular weight excluding hydrogens is 316 g/mol. The van der Waals surface area contributed by atoms with E-state index in [0.717, 1.165) is 30.7 Å². The molecule has 130 valence electrons. The minimum absolute atomic E-state index is 0.115. The average Bonchev–Trinajstić information content (AvgIpc) is 3.07. The number of nitrogens with zero attached hydrogens (tertiary/aromatic N) is 2. The summed E-state index contributed by atoms with van der Waals surface area (Å²) in [6, 6.07) is 6.10. The van der Waals surface area contributed by atoms with E-state index in [9.17, 15) is 10.0 Å². The lowest BCUT2D eigenvalue weighted by atomic mass is 9.62. The molecule has 1 aromatic carbocycles. The van der Waals surface area contributed by atoms with Gasteiger partial charge in [-0.05, 0) is 30.5 Å². The molecule has 5 nitrogen and oxygen atoms in total. The largest absolute Gasteiger partial charge is 0.631 e. The van der Waals surface area contributed by atoms with Gasteiger partial charge in [0.2, 0.25) is 5.91 Å². The summed E-state index contributed by atoms with van der Waals surface area (Å²) in [6.45, 7) is 1.11. The molecule has 6 rings (SSSR count). The van der Waals surface area contributed by atoms with E-state index in [-0.39, 0.29) is 21.9 Å². The molecular formula is C20H22N2O3. The van der Waals surface area contributed by atoms with E-state index in [0.29, 0.717) is 25.4 Å². The molecule has 1 spiro atoms. The number of amides is 1. The van der Waals surface area contributed by atoms with Crippen molar-refractivity contribution in [3.05, 3.63) is 41.1 Å². The second kappa shape index (κ2) is 4.10. The van der Waals surface area contributed by atoms with Crippen molar-refractivity contribution in [2.75, 3.05) is 25.1 Å². The lowest BCUT2D eigenvalue weighted by molar-refractivity contribution is -0.944. The van der Waals surface area contributed by atoms with Gasteiger partial charge in [0.15, 0.2) is 5.66 Å². The van der Waals surface area contributed by atoms with E-state index in [1.165, 1.54) is 5.56 Å². The Hall–Kier alpha value is -1.85. The van der Waals surface area contributed by atoms with Crippen molar-refractivity contribution < 1.29 is 14.2 Å². The number of piperidine rings is 1. The Morgan fingerprint density at radius 1 is 1.36 bits per heavy atom. The zero-order valence-corrected chi connectivity index (χ0v) is 14.4. The average molecular weight is 338 g/mol. The number of ether oxygens (including phenoxy) is 1. The Kier molecular flexibility index (Phi) is 2.35. The number of carbonyl (C=O) groups excluding carboxylic acids is 1. The lowest BCUT2D eigenvalue weighted by Crippen LogP contribution is -2.79. The molecule has 4 heterocycles. The predicted molar refractivity (Wildman–Crippen MR) is 92.8 cm³/mol. The molecule has 1 aliphatic carbocycles. The van der Waals surface area contributed by atoms with Crippen LogP contribution in [0.25, 0.3) is 0 Å². The van der Waals surface area contributed by atoms with E-state index in [4.69, 9.17) is 4.74 Å². The van der Waals surface area contributed by atoms with Crippen LogP contribution in [0.15, 0.2) is 30.4 Å². The number of methoxy groups -OCH3 is 1. The molecule has 3 fully saturated rings. The van der Waals surface area contributed by atoms with Gasteiger partial charge >= 0.3 is 0 Å². The van der Waals surface area contributed by atoms with Crippen molar-refractivity contribution in [2.24, 2.45) is 11.3 Å². The molecule has 1 saturated carbocycles. The third-order valence-electron chi connectivity index (χ3n) is 7.83. The van der Waals surface area contributed by atoms with E-state index >= 15 is 0 Å². The molecule has 2 bridgehead atoms. The molecule has 2 saturated heterocycles. The van der Waals surface area contributed by atoms with Crippen molar-refractivity contribution in [3.8, 4) is 5.75 Å². The van der Waals surface area contributed by atoms with Crippen molar-refractivity contribution >= 4 is 11.6 Å². The summed E-state index contributed by atoms with van der Waals surface area (Å²) in [5.41, 5.74) is 1.26. The van der Waals surface area contributed by atoms with E-state index in [2.05, 4.69) is 18.2 Å². The third kappa shape index (κ3) is 1.27. The Bertz CT molecular complexity index is 851. The van der Waals surface area contributed by atoms with Crippen LogP contribution in [0.4, 0.5) is 5.69 Å². The summed E-state index contributed by atoms with van der Waals surface area (Å²) >= 11 is 0. The maximum atomic E-state index is 14.1. The first kappa shape index (κ1) is 14.3. The highest BCUT2D eigenvalue weighted by atomic mass is 16.6. The summed E-state index contributed by atoms with van der Waals surface area (Å²) < 4.78 is 5.19. The molecule has 0 radical (unpaired) electrons. The molecule has 1 amide bonds. The molecule has 5 aliphatic rings. The lowest BCUT2D eigenvalue weighted by Gasteiger charge is -2.69. The summed E-state index contributed by atoms with van der Waals surface area (Å²) in [5, 5.41) is 14.1. The van der Waals surface area contributed by atoms with Gasteiger partial charge in [-0.2, -0.15) is 0 Å². The predicted octanol–water partition coefficient (Wildman–Crippen LogP) is 2.91. The fourth-order valence-corrected chi connectivity index (χ4v) is 7.20. The normalized spacial score (nSPS) is 45.4. The highest BCUT2D eigenvalue weighted by Crippen LogP contribution is 2.73. The molecule has 5 heteroatoms. The van der Waals surface area contributed by atoms with Crippen LogP contribution in [-0.4, -0.2) is 36.4 Å². The molecule has 5 unspecified atom stereocenters. The van der Waals surface area contributed by atoms with Gasteiger partial charge in [-0.25, -0.2) is 0 Å². The minimum Gasteiger partial charge on any atom is -0.631 e. The second-order valence-corrected chi connectivity index (χ2v) is 8.45. The van der Waals surface area contributed by atoms with Crippen molar-refractivity contribution in [2.45, 2.75) is 37.3 Å². The fraction of sp³-hybridized carbons (Fsp3) is 0.550. The Morgan fingerprint density at radius 2 is 2.24 bits per heavy atom. The standard InChI is InChI=1S/C20H22N2O3/c1-25-13-3-4-15-14-6-10-22(24)9-2-7-19-8-5-16(14)20(19,22)21(17(15)11-13)18(23)12-19/h2-4,7,11,14,16H,5-6,8-10,12H2,1H3.